The number of nitrogens with zero attached hydrogens (tertiary/aromatic N) is 5. The van der Waals surface area contributed by atoms with Gasteiger partial charge in [0, 0.05) is 43.0 Å². The molecule has 0 spiro atoms. The van der Waals surface area contributed by atoms with Gasteiger partial charge in [-0.3, -0.25) is 4.68 Å². The molecule has 33 heavy (non-hydrogen) atoms. The van der Waals surface area contributed by atoms with E-state index in [4.69, 9.17) is 4.74 Å². The molecule has 184 valence electrons. The quantitative estimate of drug-likeness (QED) is 0.428. The normalized spacial score (nSPS) is 15.9. The molecule has 2 aromatic heterocycles. The molecule has 1 unspecified atom stereocenters. The van der Waals surface area contributed by atoms with Crippen LogP contribution in [0.3, 0.4) is 0 Å². The van der Waals surface area contributed by atoms with Crippen LogP contribution in [0.25, 0.3) is 0 Å². The Labute approximate surface area is 196 Å². The Morgan fingerprint density at radius 2 is 1.94 bits per heavy atom. The number of hydrogen-bond donors (Lipinski definition) is 0. The Bertz CT molecular complexity index is 910. The SMILES string of the molecule is CCCc1c(N(CC)CC)cc(N(CCC2OCCn3ncc(C)c32)C(C)C)nc1C(F)F. The maximum Gasteiger partial charge on any atom is 0.280 e. The average molecular weight is 464 g/mol. The summed E-state index contributed by atoms with van der Waals surface area (Å²) in [5.74, 6) is 0.614. The van der Waals surface area contributed by atoms with Crippen molar-refractivity contribution >= 4 is 11.5 Å². The number of halogens is 2. The summed E-state index contributed by atoms with van der Waals surface area (Å²) in [6.07, 6.45) is 1.37. The molecule has 0 aromatic carbocycles. The van der Waals surface area contributed by atoms with Crippen molar-refractivity contribution in [2.75, 3.05) is 36.0 Å². The lowest BCUT2D eigenvalue weighted by Gasteiger charge is -2.33. The maximum absolute atomic E-state index is 14.2. The molecule has 0 bridgehead atoms. The number of aromatic nitrogens is 3. The molecule has 3 rings (SSSR count). The number of rotatable bonds is 11. The monoisotopic (exact) mass is 463 g/mol. The molecule has 1 atom stereocenters. The first-order chi connectivity index (χ1) is 15.8. The molecular formula is C25H39F2N5O. The highest BCUT2D eigenvalue weighted by atomic mass is 19.3. The molecule has 1 aliphatic rings. The van der Waals surface area contributed by atoms with Crippen LogP contribution in [0.5, 0.6) is 0 Å². The van der Waals surface area contributed by atoms with E-state index in [1.165, 1.54) is 0 Å². The van der Waals surface area contributed by atoms with Crippen molar-refractivity contribution in [3.63, 3.8) is 0 Å². The number of ether oxygens (including phenoxy) is 1. The Kier molecular flexibility index (Phi) is 8.68. The molecule has 0 saturated carbocycles. The molecule has 3 heterocycles. The minimum absolute atomic E-state index is 0.0568. The van der Waals surface area contributed by atoms with Crippen LogP contribution < -0.4 is 9.80 Å². The van der Waals surface area contributed by atoms with Gasteiger partial charge in [0.15, 0.2) is 0 Å². The smallest absolute Gasteiger partial charge is 0.280 e. The van der Waals surface area contributed by atoms with E-state index in [9.17, 15) is 8.78 Å². The maximum atomic E-state index is 14.2. The number of aryl methyl sites for hydroxylation is 1. The topological polar surface area (TPSA) is 46.4 Å². The highest BCUT2D eigenvalue weighted by Gasteiger charge is 2.27. The summed E-state index contributed by atoms with van der Waals surface area (Å²) in [6.45, 7) is 15.9. The molecule has 0 fully saturated rings. The molecule has 0 radical (unpaired) electrons. The van der Waals surface area contributed by atoms with Gasteiger partial charge in [0.1, 0.15) is 17.6 Å². The van der Waals surface area contributed by atoms with Crippen molar-refractivity contribution in [2.45, 2.75) is 85.9 Å². The fourth-order valence-corrected chi connectivity index (χ4v) is 4.80. The number of fused-ring (bicyclic) bond motifs is 1. The standard InChI is InChI=1S/C25H39F2N5O/c1-7-10-19-20(30(8-2)9-3)15-22(29-23(19)25(26)27)31(17(4)5)12-11-21-24-18(6)16-28-32(24)13-14-33-21/h15-17,21,25H,7-14H2,1-6H3. The van der Waals surface area contributed by atoms with E-state index in [2.05, 4.69) is 54.5 Å². The van der Waals surface area contributed by atoms with Gasteiger partial charge in [-0.1, -0.05) is 13.3 Å². The van der Waals surface area contributed by atoms with E-state index in [0.717, 1.165) is 49.4 Å². The third-order valence-electron chi connectivity index (χ3n) is 6.48. The third kappa shape index (κ3) is 5.48. The largest absolute Gasteiger partial charge is 0.372 e. The van der Waals surface area contributed by atoms with Crippen LogP contribution in [-0.4, -0.2) is 47.0 Å². The van der Waals surface area contributed by atoms with Gasteiger partial charge in [-0.05, 0) is 53.0 Å². The predicted octanol–water partition coefficient (Wildman–Crippen LogP) is 5.70. The van der Waals surface area contributed by atoms with Crippen molar-refractivity contribution in [2.24, 2.45) is 0 Å². The summed E-state index contributed by atoms with van der Waals surface area (Å²) in [4.78, 5) is 8.82. The van der Waals surface area contributed by atoms with E-state index in [0.29, 0.717) is 31.0 Å². The number of anilines is 2. The van der Waals surface area contributed by atoms with E-state index in [1.807, 2.05) is 23.9 Å². The van der Waals surface area contributed by atoms with Gasteiger partial charge < -0.3 is 14.5 Å². The van der Waals surface area contributed by atoms with Gasteiger partial charge in [-0.25, -0.2) is 13.8 Å². The van der Waals surface area contributed by atoms with E-state index < -0.39 is 6.43 Å². The summed E-state index contributed by atoms with van der Waals surface area (Å²) >= 11 is 0. The second-order valence-corrected chi connectivity index (χ2v) is 8.96. The van der Waals surface area contributed by atoms with E-state index in [1.54, 1.807) is 0 Å². The summed E-state index contributed by atoms with van der Waals surface area (Å²) in [5, 5.41) is 4.46. The van der Waals surface area contributed by atoms with Gasteiger partial charge in [-0.2, -0.15) is 5.10 Å². The molecule has 0 saturated heterocycles. The number of alkyl halides is 2. The summed E-state index contributed by atoms with van der Waals surface area (Å²) < 4.78 is 36.4. The molecule has 1 aliphatic heterocycles. The lowest BCUT2D eigenvalue weighted by atomic mass is 10.0. The van der Waals surface area contributed by atoms with Crippen molar-refractivity contribution in [3.8, 4) is 0 Å². The molecule has 0 aliphatic carbocycles. The summed E-state index contributed by atoms with van der Waals surface area (Å²) in [5.41, 5.74) is 3.73. The first-order valence-corrected chi connectivity index (χ1v) is 12.3. The van der Waals surface area contributed by atoms with Crippen LogP contribution in [0.2, 0.25) is 0 Å². The van der Waals surface area contributed by atoms with Crippen LogP contribution in [0.4, 0.5) is 20.3 Å². The van der Waals surface area contributed by atoms with Crippen LogP contribution in [0.1, 0.15) is 82.5 Å². The molecular weight excluding hydrogens is 424 g/mol. The zero-order valence-corrected chi connectivity index (χ0v) is 20.9. The highest BCUT2D eigenvalue weighted by Crippen LogP contribution is 2.35. The fourth-order valence-electron chi connectivity index (χ4n) is 4.80. The molecule has 0 amide bonds. The van der Waals surface area contributed by atoms with Crippen molar-refractivity contribution in [3.05, 3.63) is 34.8 Å². The zero-order valence-electron chi connectivity index (χ0n) is 20.9. The minimum atomic E-state index is -2.60. The minimum Gasteiger partial charge on any atom is -0.372 e. The molecule has 0 N–H and O–H groups in total. The van der Waals surface area contributed by atoms with Gasteiger partial charge in [0.2, 0.25) is 0 Å². The van der Waals surface area contributed by atoms with Crippen molar-refractivity contribution < 1.29 is 13.5 Å². The number of pyridine rings is 1. The Morgan fingerprint density at radius 3 is 2.55 bits per heavy atom. The Balaban J connectivity index is 1.96. The second kappa shape index (κ2) is 11.3. The molecule has 8 heteroatoms. The Morgan fingerprint density at radius 1 is 1.21 bits per heavy atom. The van der Waals surface area contributed by atoms with E-state index in [-0.39, 0.29) is 17.8 Å². The van der Waals surface area contributed by atoms with Gasteiger partial charge in [0.25, 0.3) is 6.43 Å². The third-order valence-corrected chi connectivity index (χ3v) is 6.48. The van der Waals surface area contributed by atoms with Crippen molar-refractivity contribution in [1.82, 2.24) is 14.8 Å². The van der Waals surface area contributed by atoms with Crippen LogP contribution in [0, 0.1) is 6.92 Å². The van der Waals surface area contributed by atoms with Gasteiger partial charge in [0.05, 0.1) is 25.0 Å². The predicted molar refractivity (Wildman–Crippen MR) is 130 cm³/mol. The molecule has 2 aromatic rings. The summed E-state index contributed by atoms with van der Waals surface area (Å²) in [7, 11) is 0. The van der Waals surface area contributed by atoms with E-state index >= 15 is 0 Å². The first-order valence-electron chi connectivity index (χ1n) is 12.3. The van der Waals surface area contributed by atoms with Crippen LogP contribution in [0.15, 0.2) is 12.3 Å². The van der Waals surface area contributed by atoms with Gasteiger partial charge >= 0.3 is 0 Å². The second-order valence-electron chi connectivity index (χ2n) is 8.96. The van der Waals surface area contributed by atoms with Crippen LogP contribution in [-0.2, 0) is 17.7 Å². The van der Waals surface area contributed by atoms with Crippen molar-refractivity contribution in [1.29, 1.82) is 0 Å². The van der Waals surface area contributed by atoms with Gasteiger partial charge in [-0.15, -0.1) is 0 Å². The number of hydrogen-bond acceptors (Lipinski definition) is 5. The summed E-state index contributed by atoms with van der Waals surface area (Å²) in [6, 6.07) is 2.13. The average Bonchev–Trinajstić information content (AvgIpc) is 3.17. The zero-order chi connectivity index (χ0) is 24.1. The molecule has 6 nitrogen and oxygen atoms in total. The van der Waals surface area contributed by atoms with Crippen LogP contribution >= 0.6 is 0 Å². The lowest BCUT2D eigenvalue weighted by molar-refractivity contribution is 0.0121. The first kappa shape index (κ1) is 25.4. The fraction of sp³-hybridized carbons (Fsp3) is 0.680. The lowest BCUT2D eigenvalue weighted by Crippen LogP contribution is -2.35. The highest BCUT2D eigenvalue weighted by molar-refractivity contribution is 5.63. The Hall–Kier alpha value is -2.22.